The lowest BCUT2D eigenvalue weighted by atomic mass is 10.1. The van der Waals surface area contributed by atoms with Crippen molar-refractivity contribution in [3.8, 4) is 11.4 Å². The molecule has 142 valence electrons. The van der Waals surface area contributed by atoms with Crippen LogP contribution < -0.4 is 10.2 Å². The molecule has 0 aliphatic carbocycles. The van der Waals surface area contributed by atoms with Crippen molar-refractivity contribution in [2.45, 2.75) is 0 Å². The largest absolute Gasteiger partial charge is 0.335 e. The predicted molar refractivity (Wildman–Crippen MR) is 108 cm³/mol. The highest BCUT2D eigenvalue weighted by molar-refractivity contribution is 6.39. The summed E-state index contributed by atoms with van der Waals surface area (Å²) < 4.78 is 0. The first kappa shape index (κ1) is 18.5. The second-order valence-corrected chi connectivity index (χ2v) is 6.58. The highest BCUT2D eigenvalue weighted by Gasteiger charge is 2.36. The average Bonchev–Trinajstić information content (AvgIpc) is 2.73. The summed E-state index contributed by atoms with van der Waals surface area (Å²) in [5, 5.41) is 2.62. The van der Waals surface area contributed by atoms with Crippen LogP contribution in [0.1, 0.15) is 5.56 Å². The van der Waals surface area contributed by atoms with Crippen LogP contribution in [0.2, 0.25) is 5.02 Å². The maximum absolute atomic E-state index is 12.8. The number of rotatable bonds is 3. The van der Waals surface area contributed by atoms with E-state index in [0.29, 0.717) is 22.1 Å². The first-order valence-corrected chi connectivity index (χ1v) is 8.95. The van der Waals surface area contributed by atoms with Gasteiger partial charge in [0.25, 0.3) is 11.8 Å². The van der Waals surface area contributed by atoms with Crippen molar-refractivity contribution < 1.29 is 14.4 Å². The van der Waals surface area contributed by atoms with Gasteiger partial charge < -0.3 is 0 Å². The maximum atomic E-state index is 12.8. The summed E-state index contributed by atoms with van der Waals surface area (Å²) in [5.41, 5.74) is 1.40. The number of hydrogen-bond donors (Lipinski definition) is 1. The van der Waals surface area contributed by atoms with Crippen molar-refractivity contribution in [1.82, 2.24) is 15.3 Å². The third-order valence-electron chi connectivity index (χ3n) is 4.20. The van der Waals surface area contributed by atoms with Gasteiger partial charge in [0.15, 0.2) is 5.82 Å². The molecule has 1 aliphatic heterocycles. The van der Waals surface area contributed by atoms with E-state index in [9.17, 15) is 14.4 Å². The number of carbonyl (C=O) groups is 3. The molecular formula is C21H13ClN4O3. The minimum absolute atomic E-state index is 0.199. The van der Waals surface area contributed by atoms with Gasteiger partial charge >= 0.3 is 6.03 Å². The second kappa shape index (κ2) is 7.65. The zero-order chi connectivity index (χ0) is 20.4. The SMILES string of the molecule is O=C1NC(=O)N(c2ccc(Cl)cc2)C(=O)/C1=C/c1cnc(-c2ccccc2)nc1. The Morgan fingerprint density at radius 2 is 1.55 bits per heavy atom. The maximum Gasteiger partial charge on any atom is 0.335 e. The number of imide groups is 2. The third kappa shape index (κ3) is 3.76. The number of carbonyl (C=O) groups excluding carboxylic acids is 3. The molecule has 0 atom stereocenters. The molecule has 1 N–H and O–H groups in total. The standard InChI is InChI=1S/C21H13ClN4O3/c22-15-6-8-16(9-7-15)26-20(28)17(19(27)25-21(26)29)10-13-11-23-18(24-12-13)14-4-2-1-3-5-14/h1-12H,(H,25,27,29)/b17-10+. The molecule has 29 heavy (non-hydrogen) atoms. The number of benzene rings is 2. The summed E-state index contributed by atoms with van der Waals surface area (Å²) >= 11 is 5.86. The molecule has 1 fully saturated rings. The van der Waals surface area contributed by atoms with Crippen LogP contribution in [0.25, 0.3) is 17.5 Å². The topological polar surface area (TPSA) is 92.3 Å². The van der Waals surface area contributed by atoms with Crippen LogP contribution in [0.4, 0.5) is 10.5 Å². The zero-order valence-corrected chi connectivity index (χ0v) is 15.6. The van der Waals surface area contributed by atoms with E-state index in [1.165, 1.54) is 30.6 Å². The summed E-state index contributed by atoms with van der Waals surface area (Å²) in [6, 6.07) is 14.7. The molecule has 1 aromatic heterocycles. The Morgan fingerprint density at radius 1 is 0.897 bits per heavy atom. The van der Waals surface area contributed by atoms with Crippen molar-refractivity contribution in [3.63, 3.8) is 0 Å². The summed E-state index contributed by atoms with van der Waals surface area (Å²) in [7, 11) is 0. The van der Waals surface area contributed by atoms with E-state index in [1.54, 1.807) is 12.1 Å². The van der Waals surface area contributed by atoms with Crippen LogP contribution >= 0.6 is 11.6 Å². The van der Waals surface area contributed by atoms with E-state index in [0.717, 1.165) is 10.5 Å². The molecule has 8 heteroatoms. The van der Waals surface area contributed by atoms with Crippen molar-refractivity contribution in [2.24, 2.45) is 0 Å². The molecule has 2 aromatic carbocycles. The van der Waals surface area contributed by atoms with Crippen molar-refractivity contribution >= 4 is 41.2 Å². The van der Waals surface area contributed by atoms with Gasteiger partial charge in [0.1, 0.15) is 5.57 Å². The van der Waals surface area contributed by atoms with Crippen LogP contribution in [0.5, 0.6) is 0 Å². The molecule has 4 rings (SSSR count). The van der Waals surface area contributed by atoms with Gasteiger partial charge in [-0.3, -0.25) is 14.9 Å². The molecule has 1 aliphatic rings. The molecule has 0 unspecified atom stereocenters. The summed E-state index contributed by atoms with van der Waals surface area (Å²) in [5.74, 6) is -1.00. The van der Waals surface area contributed by atoms with Crippen LogP contribution in [0.15, 0.2) is 72.6 Å². The second-order valence-electron chi connectivity index (χ2n) is 6.14. The molecular weight excluding hydrogens is 392 g/mol. The van der Waals surface area contributed by atoms with E-state index < -0.39 is 17.8 Å². The monoisotopic (exact) mass is 404 g/mol. The van der Waals surface area contributed by atoms with Gasteiger partial charge in [-0.15, -0.1) is 0 Å². The number of nitrogens with one attached hydrogen (secondary N) is 1. The summed E-state index contributed by atoms with van der Waals surface area (Å²) in [6.07, 6.45) is 4.36. The number of hydrogen-bond acceptors (Lipinski definition) is 5. The van der Waals surface area contributed by atoms with Crippen LogP contribution in [-0.4, -0.2) is 27.8 Å². The minimum Gasteiger partial charge on any atom is -0.273 e. The Balaban J connectivity index is 1.65. The van der Waals surface area contributed by atoms with Gasteiger partial charge in [0.05, 0.1) is 5.69 Å². The van der Waals surface area contributed by atoms with Gasteiger partial charge in [0, 0.05) is 28.5 Å². The number of anilines is 1. The Morgan fingerprint density at radius 3 is 2.21 bits per heavy atom. The van der Waals surface area contributed by atoms with Gasteiger partial charge in [0.2, 0.25) is 0 Å². The number of amides is 4. The summed E-state index contributed by atoms with van der Waals surface area (Å²) in [4.78, 5) is 46.7. The molecule has 0 bridgehead atoms. The van der Waals surface area contributed by atoms with Crippen LogP contribution in [-0.2, 0) is 9.59 Å². The lowest BCUT2D eigenvalue weighted by molar-refractivity contribution is -0.122. The van der Waals surface area contributed by atoms with Gasteiger partial charge in [-0.05, 0) is 30.3 Å². The van der Waals surface area contributed by atoms with E-state index in [2.05, 4.69) is 15.3 Å². The lowest BCUT2D eigenvalue weighted by Gasteiger charge is -2.26. The molecule has 7 nitrogen and oxygen atoms in total. The smallest absolute Gasteiger partial charge is 0.273 e. The Hall–Kier alpha value is -3.84. The van der Waals surface area contributed by atoms with Crippen molar-refractivity contribution in [1.29, 1.82) is 0 Å². The van der Waals surface area contributed by atoms with E-state index in [4.69, 9.17) is 11.6 Å². The average molecular weight is 405 g/mol. The molecule has 1 saturated heterocycles. The van der Waals surface area contributed by atoms with Crippen LogP contribution in [0, 0.1) is 0 Å². The zero-order valence-electron chi connectivity index (χ0n) is 14.9. The van der Waals surface area contributed by atoms with Crippen molar-refractivity contribution in [2.75, 3.05) is 4.90 Å². The van der Waals surface area contributed by atoms with Gasteiger partial charge in [-0.1, -0.05) is 41.9 Å². The highest BCUT2D eigenvalue weighted by atomic mass is 35.5. The fraction of sp³-hybridized carbons (Fsp3) is 0. The fourth-order valence-electron chi connectivity index (χ4n) is 2.80. The Bertz CT molecular complexity index is 1130. The first-order valence-electron chi connectivity index (χ1n) is 8.57. The Labute approximate surface area is 170 Å². The molecule has 4 amide bonds. The molecule has 2 heterocycles. The lowest BCUT2D eigenvalue weighted by Crippen LogP contribution is -2.54. The third-order valence-corrected chi connectivity index (χ3v) is 4.45. The van der Waals surface area contributed by atoms with E-state index in [1.807, 2.05) is 30.3 Å². The van der Waals surface area contributed by atoms with Crippen molar-refractivity contribution in [3.05, 3.63) is 83.2 Å². The normalized spacial score (nSPS) is 15.6. The number of nitrogens with zero attached hydrogens (tertiary/aromatic N) is 3. The first-order chi connectivity index (χ1) is 14.0. The number of halogens is 1. The number of barbiturate groups is 1. The van der Waals surface area contributed by atoms with E-state index >= 15 is 0 Å². The molecule has 0 radical (unpaired) electrons. The number of urea groups is 1. The highest BCUT2D eigenvalue weighted by Crippen LogP contribution is 2.23. The number of aromatic nitrogens is 2. The molecule has 3 aromatic rings. The van der Waals surface area contributed by atoms with Gasteiger partial charge in [-0.25, -0.2) is 19.7 Å². The van der Waals surface area contributed by atoms with Gasteiger partial charge in [-0.2, -0.15) is 0 Å². The Kier molecular flexibility index (Phi) is 4.88. The van der Waals surface area contributed by atoms with Crippen LogP contribution in [0.3, 0.4) is 0 Å². The summed E-state index contributed by atoms with van der Waals surface area (Å²) in [6.45, 7) is 0. The molecule has 0 saturated carbocycles. The molecule has 0 spiro atoms. The van der Waals surface area contributed by atoms with E-state index in [-0.39, 0.29) is 5.57 Å². The quantitative estimate of drug-likeness (QED) is 0.533. The fourth-order valence-corrected chi connectivity index (χ4v) is 2.92. The minimum atomic E-state index is -0.824. The predicted octanol–water partition coefficient (Wildman–Crippen LogP) is 3.46.